The van der Waals surface area contributed by atoms with Gasteiger partial charge in [-0.2, -0.15) is 4.98 Å². The Balaban J connectivity index is 2.71. The fraction of sp³-hybridized carbons (Fsp3) is 0.375. The number of rotatable bonds is 0. The highest BCUT2D eigenvalue weighted by Crippen LogP contribution is 2.29. The van der Waals surface area contributed by atoms with Gasteiger partial charge in [-0.05, 0) is 19.9 Å². The van der Waals surface area contributed by atoms with Crippen molar-refractivity contribution in [2.45, 2.75) is 24.1 Å². The molecule has 2 heterocycles. The van der Waals surface area contributed by atoms with E-state index in [0.29, 0.717) is 10.7 Å². The van der Waals surface area contributed by atoms with Crippen LogP contribution in [0.15, 0.2) is 15.9 Å². The zero-order chi connectivity index (χ0) is 9.59. The molecule has 0 saturated carbocycles. The minimum absolute atomic E-state index is 0.169. The summed E-state index contributed by atoms with van der Waals surface area (Å²) in [4.78, 5) is 26.4. The zero-order valence-electron chi connectivity index (χ0n) is 7.27. The Morgan fingerprint density at radius 2 is 2.23 bits per heavy atom. The summed E-state index contributed by atoms with van der Waals surface area (Å²) in [6.07, 6.45) is 0. The first kappa shape index (κ1) is 8.50. The molecular formula is C8H8N2O2S. The average Bonchev–Trinajstić information content (AvgIpc) is 2.27. The third-order valence-corrected chi connectivity index (χ3v) is 2.98. The van der Waals surface area contributed by atoms with Crippen LogP contribution >= 0.6 is 11.8 Å². The summed E-state index contributed by atoms with van der Waals surface area (Å²) in [5, 5.41) is 0.534. The molecule has 1 aromatic rings. The lowest BCUT2D eigenvalue weighted by atomic mass is 10.4. The van der Waals surface area contributed by atoms with Gasteiger partial charge in [0.2, 0.25) is 5.91 Å². The molecule has 0 spiro atoms. The lowest BCUT2D eigenvalue weighted by Gasteiger charge is -1.98. The molecule has 0 N–H and O–H groups in total. The zero-order valence-corrected chi connectivity index (χ0v) is 8.09. The summed E-state index contributed by atoms with van der Waals surface area (Å²) >= 11 is 1.40. The van der Waals surface area contributed by atoms with Gasteiger partial charge in [0, 0.05) is 5.69 Å². The van der Waals surface area contributed by atoms with Gasteiger partial charge in [-0.1, -0.05) is 11.8 Å². The van der Waals surface area contributed by atoms with Crippen LogP contribution in [-0.2, 0) is 0 Å². The van der Waals surface area contributed by atoms with Crippen LogP contribution in [0.2, 0.25) is 0 Å². The Morgan fingerprint density at radius 1 is 1.54 bits per heavy atom. The van der Waals surface area contributed by atoms with E-state index in [1.165, 1.54) is 11.8 Å². The summed E-state index contributed by atoms with van der Waals surface area (Å²) in [6, 6.07) is 1.76. The van der Waals surface area contributed by atoms with Crippen LogP contribution in [0.3, 0.4) is 0 Å². The number of nitrogens with zero attached hydrogens (tertiary/aromatic N) is 2. The minimum Gasteiger partial charge on any atom is -0.273 e. The van der Waals surface area contributed by atoms with Gasteiger partial charge in [0.15, 0.2) is 0 Å². The number of carbonyl (C=O) groups is 1. The van der Waals surface area contributed by atoms with Crippen molar-refractivity contribution in [3.63, 3.8) is 0 Å². The van der Waals surface area contributed by atoms with Gasteiger partial charge in [-0.15, -0.1) is 0 Å². The maximum atomic E-state index is 11.4. The molecule has 0 aromatic carbocycles. The van der Waals surface area contributed by atoms with Crippen LogP contribution in [0, 0.1) is 6.92 Å². The monoisotopic (exact) mass is 196 g/mol. The highest BCUT2D eigenvalue weighted by atomic mass is 32.2. The van der Waals surface area contributed by atoms with Crippen molar-refractivity contribution >= 4 is 17.7 Å². The lowest BCUT2D eigenvalue weighted by molar-refractivity contribution is 0.0908. The molecule has 1 unspecified atom stereocenters. The van der Waals surface area contributed by atoms with E-state index >= 15 is 0 Å². The molecule has 1 atom stereocenters. The van der Waals surface area contributed by atoms with E-state index in [0.717, 1.165) is 4.57 Å². The van der Waals surface area contributed by atoms with Crippen LogP contribution in [0.4, 0.5) is 0 Å². The molecule has 0 saturated heterocycles. The summed E-state index contributed by atoms with van der Waals surface area (Å²) in [5.74, 6) is -0.169. The second-order valence-electron chi connectivity index (χ2n) is 2.95. The average molecular weight is 196 g/mol. The van der Waals surface area contributed by atoms with Crippen LogP contribution in [0.1, 0.15) is 17.4 Å². The molecule has 0 aliphatic carbocycles. The molecule has 5 heteroatoms. The largest absolute Gasteiger partial charge is 0.355 e. The molecule has 0 bridgehead atoms. The third kappa shape index (κ3) is 1.19. The number of aryl methyl sites for hydroxylation is 1. The number of thioether (sulfide) groups is 1. The number of hydrogen-bond donors (Lipinski definition) is 0. The number of fused-ring (bicyclic) bond motifs is 1. The van der Waals surface area contributed by atoms with Crippen molar-refractivity contribution in [2.75, 3.05) is 0 Å². The van der Waals surface area contributed by atoms with Gasteiger partial charge in [0.05, 0.1) is 10.3 Å². The third-order valence-electron chi connectivity index (χ3n) is 1.88. The molecule has 13 heavy (non-hydrogen) atoms. The molecule has 1 aromatic heterocycles. The van der Waals surface area contributed by atoms with E-state index in [4.69, 9.17) is 0 Å². The highest BCUT2D eigenvalue weighted by molar-refractivity contribution is 8.01. The SMILES string of the molecule is Cc1cc2n(c(=O)n1)C(=O)C(C)S2. The van der Waals surface area contributed by atoms with Crippen LogP contribution in [-0.4, -0.2) is 20.7 Å². The van der Waals surface area contributed by atoms with Crippen LogP contribution in [0.25, 0.3) is 0 Å². The molecule has 1 aliphatic rings. The number of carbonyl (C=O) groups excluding carboxylic acids is 1. The first-order chi connectivity index (χ1) is 6.09. The Labute approximate surface area is 79.0 Å². The van der Waals surface area contributed by atoms with Crippen molar-refractivity contribution in [1.29, 1.82) is 0 Å². The van der Waals surface area contributed by atoms with Gasteiger partial charge in [0.1, 0.15) is 0 Å². The van der Waals surface area contributed by atoms with Crippen molar-refractivity contribution in [1.82, 2.24) is 9.55 Å². The first-order valence-corrected chi connectivity index (χ1v) is 4.79. The summed E-state index contributed by atoms with van der Waals surface area (Å²) < 4.78 is 1.14. The van der Waals surface area contributed by atoms with E-state index in [-0.39, 0.29) is 11.2 Å². The topological polar surface area (TPSA) is 52.0 Å². The van der Waals surface area contributed by atoms with Gasteiger partial charge < -0.3 is 0 Å². The van der Waals surface area contributed by atoms with Gasteiger partial charge >= 0.3 is 5.69 Å². The fourth-order valence-electron chi connectivity index (χ4n) is 1.27. The van der Waals surface area contributed by atoms with Crippen molar-refractivity contribution in [2.24, 2.45) is 0 Å². The molecular weight excluding hydrogens is 188 g/mol. The maximum Gasteiger partial charge on any atom is 0.355 e. The fourth-order valence-corrected chi connectivity index (χ4v) is 2.35. The second-order valence-corrected chi connectivity index (χ2v) is 4.31. The standard InChI is InChI=1S/C8H8N2O2S/c1-4-3-6-10(8(12)9-4)7(11)5(2)13-6/h3,5H,1-2H3. The van der Waals surface area contributed by atoms with Crippen LogP contribution in [0.5, 0.6) is 0 Å². The van der Waals surface area contributed by atoms with Gasteiger partial charge in [0.25, 0.3) is 0 Å². The molecule has 0 fully saturated rings. The minimum atomic E-state index is -0.461. The van der Waals surface area contributed by atoms with Crippen molar-refractivity contribution < 1.29 is 4.79 Å². The Bertz CT molecular complexity index is 438. The van der Waals surface area contributed by atoms with E-state index in [2.05, 4.69) is 4.98 Å². The molecule has 1 aliphatic heterocycles. The quantitative estimate of drug-likeness (QED) is 0.573. The van der Waals surface area contributed by atoms with E-state index in [9.17, 15) is 9.59 Å². The highest BCUT2D eigenvalue weighted by Gasteiger charge is 2.29. The Hall–Kier alpha value is -1.10. The van der Waals surface area contributed by atoms with Gasteiger partial charge in [-0.3, -0.25) is 4.79 Å². The second kappa shape index (κ2) is 2.70. The number of hydrogen-bond acceptors (Lipinski definition) is 4. The van der Waals surface area contributed by atoms with E-state index in [1.54, 1.807) is 19.9 Å². The molecule has 2 rings (SSSR count). The molecule has 68 valence electrons. The van der Waals surface area contributed by atoms with Gasteiger partial charge in [-0.25, -0.2) is 9.36 Å². The number of aromatic nitrogens is 2. The Kier molecular flexibility index (Phi) is 1.76. The predicted octanol–water partition coefficient (Wildman–Crippen LogP) is 0.686. The predicted molar refractivity (Wildman–Crippen MR) is 49.2 cm³/mol. The molecule has 4 nitrogen and oxygen atoms in total. The maximum absolute atomic E-state index is 11.4. The normalized spacial score (nSPS) is 20.5. The smallest absolute Gasteiger partial charge is 0.273 e. The van der Waals surface area contributed by atoms with Crippen molar-refractivity contribution in [3.05, 3.63) is 22.2 Å². The molecule has 0 radical (unpaired) electrons. The molecule has 0 amide bonds. The van der Waals surface area contributed by atoms with E-state index < -0.39 is 5.69 Å². The van der Waals surface area contributed by atoms with Crippen molar-refractivity contribution in [3.8, 4) is 0 Å². The lowest BCUT2D eigenvalue weighted by Crippen LogP contribution is -2.29. The Morgan fingerprint density at radius 3 is 2.92 bits per heavy atom. The first-order valence-electron chi connectivity index (χ1n) is 3.91. The van der Waals surface area contributed by atoms with Crippen LogP contribution < -0.4 is 5.69 Å². The summed E-state index contributed by atoms with van der Waals surface area (Å²) in [6.45, 7) is 3.53. The van der Waals surface area contributed by atoms with E-state index in [1.807, 2.05) is 0 Å². The summed E-state index contributed by atoms with van der Waals surface area (Å²) in [7, 11) is 0. The summed E-state index contributed by atoms with van der Waals surface area (Å²) in [5.41, 5.74) is 0.197.